The lowest BCUT2D eigenvalue weighted by molar-refractivity contribution is -0.118. The highest BCUT2D eigenvalue weighted by molar-refractivity contribution is 8.03. The molecular weight excluding hydrogens is 379 g/mol. The van der Waals surface area contributed by atoms with Gasteiger partial charge in [-0.1, -0.05) is 6.08 Å². The van der Waals surface area contributed by atoms with Gasteiger partial charge in [-0.25, -0.2) is 19.3 Å². The van der Waals surface area contributed by atoms with Gasteiger partial charge in [-0.15, -0.1) is 11.8 Å². The van der Waals surface area contributed by atoms with Crippen LogP contribution in [0.5, 0.6) is 5.75 Å². The van der Waals surface area contributed by atoms with Gasteiger partial charge in [0, 0.05) is 16.6 Å². The third kappa shape index (κ3) is 3.73. The van der Waals surface area contributed by atoms with Gasteiger partial charge in [0.1, 0.15) is 17.5 Å². The summed E-state index contributed by atoms with van der Waals surface area (Å²) in [5.41, 5.74) is 0.535. The van der Waals surface area contributed by atoms with Gasteiger partial charge in [0.05, 0.1) is 24.7 Å². The maximum atomic E-state index is 13.0. The van der Waals surface area contributed by atoms with E-state index in [4.69, 9.17) is 4.74 Å². The molecule has 1 unspecified atom stereocenters. The number of rotatable bonds is 6. The number of nitrogens with one attached hydrogen (secondary N) is 1. The molecule has 3 heterocycles. The standard InChI is InChI=1S/C20H21FN4O2S/c1-12-16(10-22-13(2)24-12)27-11-20(17-4-3-7-28-17)8-15(20)19(26)25-18-6-5-14(21)9-23-18/h3,5-7,9-10,15,17H,4,8,11H2,1-2H3,(H,23,25,26)/t15-,17?,20-/m0/s1. The summed E-state index contributed by atoms with van der Waals surface area (Å²) in [6.45, 7) is 4.15. The molecule has 0 saturated heterocycles. The van der Waals surface area contributed by atoms with Crippen molar-refractivity contribution >= 4 is 23.5 Å². The van der Waals surface area contributed by atoms with Crippen LogP contribution in [0.2, 0.25) is 0 Å². The number of thioether (sulfide) groups is 1. The van der Waals surface area contributed by atoms with E-state index >= 15 is 0 Å². The zero-order valence-corrected chi connectivity index (χ0v) is 16.5. The van der Waals surface area contributed by atoms with E-state index < -0.39 is 5.82 Å². The number of aromatic nitrogens is 3. The van der Waals surface area contributed by atoms with Crippen LogP contribution in [-0.2, 0) is 4.79 Å². The minimum Gasteiger partial charge on any atom is -0.489 e. The van der Waals surface area contributed by atoms with E-state index in [0.29, 0.717) is 24.0 Å². The van der Waals surface area contributed by atoms with E-state index in [-0.39, 0.29) is 22.5 Å². The minimum atomic E-state index is -0.434. The van der Waals surface area contributed by atoms with Gasteiger partial charge in [-0.05, 0) is 44.2 Å². The van der Waals surface area contributed by atoms with Crippen molar-refractivity contribution in [3.8, 4) is 5.75 Å². The average Bonchev–Trinajstić information content (AvgIpc) is 3.14. The zero-order chi connectivity index (χ0) is 19.7. The number of pyridine rings is 1. The largest absolute Gasteiger partial charge is 0.489 e. The molecule has 2 aromatic rings. The lowest BCUT2D eigenvalue weighted by Crippen LogP contribution is -2.30. The van der Waals surface area contributed by atoms with Crippen molar-refractivity contribution in [2.75, 3.05) is 11.9 Å². The number of hydrogen-bond donors (Lipinski definition) is 1. The number of carbonyl (C=O) groups excluding carboxylic acids is 1. The SMILES string of the molecule is Cc1ncc(OC[C@@]2(C3CC=CS3)C[C@H]2C(=O)Nc2ccc(F)cn2)c(C)n1. The van der Waals surface area contributed by atoms with E-state index in [0.717, 1.165) is 24.7 Å². The number of anilines is 1. The van der Waals surface area contributed by atoms with E-state index in [1.165, 1.54) is 12.1 Å². The van der Waals surface area contributed by atoms with Crippen LogP contribution in [0.15, 0.2) is 36.0 Å². The molecule has 1 aliphatic carbocycles. The third-order valence-corrected chi connectivity index (χ3v) is 6.63. The number of nitrogens with zero attached hydrogens (tertiary/aromatic N) is 3. The number of ether oxygens (including phenoxy) is 1. The number of halogens is 1. The van der Waals surface area contributed by atoms with Gasteiger partial charge in [-0.3, -0.25) is 4.79 Å². The molecule has 0 bridgehead atoms. The average molecular weight is 400 g/mol. The van der Waals surface area contributed by atoms with Crippen LogP contribution in [0.25, 0.3) is 0 Å². The van der Waals surface area contributed by atoms with Crippen molar-refractivity contribution in [1.82, 2.24) is 15.0 Å². The molecule has 1 fully saturated rings. The molecule has 3 atom stereocenters. The van der Waals surface area contributed by atoms with Crippen molar-refractivity contribution < 1.29 is 13.9 Å². The topological polar surface area (TPSA) is 77.0 Å². The highest BCUT2D eigenvalue weighted by Gasteiger charge is 2.63. The van der Waals surface area contributed by atoms with Crippen LogP contribution < -0.4 is 10.1 Å². The zero-order valence-electron chi connectivity index (χ0n) is 15.7. The fraction of sp³-hybridized carbons (Fsp3) is 0.400. The first kappa shape index (κ1) is 18.9. The van der Waals surface area contributed by atoms with Crippen molar-refractivity contribution in [3.63, 3.8) is 0 Å². The van der Waals surface area contributed by atoms with Gasteiger partial charge in [0.25, 0.3) is 0 Å². The lowest BCUT2D eigenvalue weighted by atomic mass is 9.97. The molecule has 4 rings (SSSR count). The molecule has 0 aromatic carbocycles. The Morgan fingerprint density at radius 3 is 2.89 bits per heavy atom. The minimum absolute atomic E-state index is 0.105. The Kier molecular flexibility index (Phi) is 5.05. The van der Waals surface area contributed by atoms with E-state index in [9.17, 15) is 9.18 Å². The summed E-state index contributed by atoms with van der Waals surface area (Å²) in [7, 11) is 0. The van der Waals surface area contributed by atoms with Crippen LogP contribution in [0.4, 0.5) is 10.2 Å². The summed E-state index contributed by atoms with van der Waals surface area (Å²) in [5, 5.41) is 5.17. The molecule has 1 N–H and O–H groups in total. The summed E-state index contributed by atoms with van der Waals surface area (Å²) < 4.78 is 19.1. The molecule has 8 heteroatoms. The first-order valence-corrected chi connectivity index (χ1v) is 10.1. The van der Waals surface area contributed by atoms with E-state index in [2.05, 4.69) is 31.8 Å². The highest BCUT2D eigenvalue weighted by Crippen LogP contribution is 2.61. The summed E-state index contributed by atoms with van der Waals surface area (Å²) in [6, 6.07) is 2.75. The third-order valence-electron chi connectivity index (χ3n) is 5.29. The molecule has 1 aliphatic heterocycles. The van der Waals surface area contributed by atoms with Crippen molar-refractivity contribution in [3.05, 3.63) is 53.3 Å². The maximum absolute atomic E-state index is 13.0. The number of carbonyl (C=O) groups is 1. The Morgan fingerprint density at radius 2 is 2.21 bits per heavy atom. The van der Waals surface area contributed by atoms with Gasteiger partial charge in [0.15, 0.2) is 5.75 Å². The van der Waals surface area contributed by atoms with Gasteiger partial charge < -0.3 is 10.1 Å². The molecule has 2 aromatic heterocycles. The second-order valence-corrected chi connectivity index (χ2v) is 8.34. The number of amides is 1. The van der Waals surface area contributed by atoms with Crippen molar-refractivity contribution in [2.45, 2.75) is 31.9 Å². The van der Waals surface area contributed by atoms with Crippen LogP contribution >= 0.6 is 11.8 Å². The van der Waals surface area contributed by atoms with Gasteiger partial charge in [0.2, 0.25) is 5.91 Å². The Balaban J connectivity index is 1.47. The quantitative estimate of drug-likeness (QED) is 0.797. The number of aryl methyl sites for hydroxylation is 2. The molecule has 1 saturated carbocycles. The van der Waals surface area contributed by atoms with Crippen LogP contribution in [0, 0.1) is 31.0 Å². The van der Waals surface area contributed by atoms with Crippen LogP contribution in [0.1, 0.15) is 24.4 Å². The molecule has 146 valence electrons. The van der Waals surface area contributed by atoms with E-state index in [1.54, 1.807) is 18.0 Å². The Hall–Kier alpha value is -2.48. The van der Waals surface area contributed by atoms with Crippen molar-refractivity contribution in [1.29, 1.82) is 0 Å². The molecule has 6 nitrogen and oxygen atoms in total. The highest BCUT2D eigenvalue weighted by atomic mass is 32.2. The first-order valence-electron chi connectivity index (χ1n) is 9.14. The smallest absolute Gasteiger partial charge is 0.229 e. The fourth-order valence-electron chi connectivity index (χ4n) is 3.63. The molecule has 1 amide bonds. The molecule has 0 spiro atoms. The second-order valence-electron chi connectivity index (χ2n) is 7.23. The second kappa shape index (κ2) is 7.50. The van der Waals surface area contributed by atoms with Crippen molar-refractivity contribution in [2.24, 2.45) is 11.3 Å². The van der Waals surface area contributed by atoms with Gasteiger partial charge >= 0.3 is 0 Å². The Labute approximate surface area is 167 Å². The van der Waals surface area contributed by atoms with E-state index in [1.807, 2.05) is 13.8 Å². The molecule has 0 radical (unpaired) electrons. The summed E-state index contributed by atoms with van der Waals surface area (Å²) in [6.07, 6.45) is 6.56. The summed E-state index contributed by atoms with van der Waals surface area (Å²) in [5.74, 6) is 0.984. The predicted octanol–water partition coefficient (Wildman–Crippen LogP) is 3.67. The van der Waals surface area contributed by atoms with Crippen LogP contribution in [-0.4, -0.2) is 32.7 Å². The summed E-state index contributed by atoms with van der Waals surface area (Å²) in [4.78, 5) is 25.3. The monoisotopic (exact) mass is 400 g/mol. The molecule has 28 heavy (non-hydrogen) atoms. The summed E-state index contributed by atoms with van der Waals surface area (Å²) >= 11 is 1.75. The van der Waals surface area contributed by atoms with Crippen LogP contribution in [0.3, 0.4) is 0 Å². The maximum Gasteiger partial charge on any atom is 0.229 e. The Morgan fingerprint density at radius 1 is 1.36 bits per heavy atom. The van der Waals surface area contributed by atoms with Gasteiger partial charge in [-0.2, -0.15) is 0 Å². The predicted molar refractivity (Wildman–Crippen MR) is 106 cm³/mol. The normalized spacial score (nSPS) is 25.5. The Bertz CT molecular complexity index is 913. The number of allylic oxidation sites excluding steroid dienone is 1. The number of hydrogen-bond acceptors (Lipinski definition) is 6. The molecule has 2 aliphatic rings. The first-order chi connectivity index (χ1) is 13.5. The molecular formula is C20H21FN4O2S. The fourth-order valence-corrected chi connectivity index (χ4v) is 4.86. The lowest BCUT2D eigenvalue weighted by Gasteiger charge is -2.24.